The first-order valence-electron chi connectivity index (χ1n) is 7.83. The standard InChI is InChI=1S/C14H24N4O2S/c1-2-7-17-10-13(14(15)16-17)21(19,20)18(8-11-3-4-11)9-12-5-6-12/h10-12H,2-9H2,1H3,(H2,15,16). The van der Waals surface area contributed by atoms with Crippen LogP contribution in [0.4, 0.5) is 5.82 Å². The number of aromatic nitrogens is 2. The van der Waals surface area contributed by atoms with Crippen LogP contribution >= 0.6 is 0 Å². The summed E-state index contributed by atoms with van der Waals surface area (Å²) in [5, 5.41) is 4.13. The zero-order valence-corrected chi connectivity index (χ0v) is 13.3. The second-order valence-electron chi connectivity index (χ2n) is 6.35. The molecule has 2 saturated carbocycles. The number of sulfonamides is 1. The Labute approximate surface area is 126 Å². The molecule has 2 aliphatic rings. The number of rotatable bonds is 8. The molecular formula is C14H24N4O2S. The third-order valence-electron chi connectivity index (χ3n) is 4.14. The highest BCUT2D eigenvalue weighted by Gasteiger charge is 2.37. The quantitative estimate of drug-likeness (QED) is 0.792. The van der Waals surface area contributed by atoms with E-state index in [-0.39, 0.29) is 10.7 Å². The minimum Gasteiger partial charge on any atom is -0.381 e. The third-order valence-corrected chi connectivity index (χ3v) is 5.99. The van der Waals surface area contributed by atoms with Crippen molar-refractivity contribution in [1.82, 2.24) is 14.1 Å². The third kappa shape index (κ3) is 3.40. The maximum atomic E-state index is 12.9. The predicted octanol–water partition coefficient (Wildman–Crippen LogP) is 1.69. The average Bonchev–Trinajstić information content (AvgIpc) is 3.32. The maximum absolute atomic E-state index is 12.9. The van der Waals surface area contributed by atoms with Gasteiger partial charge >= 0.3 is 0 Å². The number of anilines is 1. The molecule has 0 atom stereocenters. The van der Waals surface area contributed by atoms with E-state index in [1.807, 2.05) is 6.92 Å². The Balaban J connectivity index is 1.84. The number of hydrogen-bond donors (Lipinski definition) is 1. The predicted molar refractivity (Wildman–Crippen MR) is 81.1 cm³/mol. The van der Waals surface area contributed by atoms with Gasteiger partial charge in [-0.2, -0.15) is 9.40 Å². The van der Waals surface area contributed by atoms with Crippen LogP contribution in [-0.4, -0.2) is 35.6 Å². The number of nitrogen functional groups attached to an aromatic ring is 1. The minimum absolute atomic E-state index is 0.125. The lowest BCUT2D eigenvalue weighted by atomic mass is 10.4. The summed E-state index contributed by atoms with van der Waals surface area (Å²) in [5.74, 6) is 1.19. The largest absolute Gasteiger partial charge is 0.381 e. The second-order valence-corrected chi connectivity index (χ2v) is 8.26. The van der Waals surface area contributed by atoms with Crippen LogP contribution in [0.3, 0.4) is 0 Å². The van der Waals surface area contributed by atoms with E-state index in [9.17, 15) is 8.42 Å². The van der Waals surface area contributed by atoms with Gasteiger partial charge in [0.25, 0.3) is 0 Å². The molecule has 0 saturated heterocycles. The molecule has 118 valence electrons. The highest BCUT2D eigenvalue weighted by Crippen LogP contribution is 2.36. The van der Waals surface area contributed by atoms with Gasteiger partial charge in [-0.15, -0.1) is 0 Å². The Morgan fingerprint density at radius 2 is 1.86 bits per heavy atom. The van der Waals surface area contributed by atoms with E-state index in [0.29, 0.717) is 31.5 Å². The van der Waals surface area contributed by atoms with Gasteiger partial charge in [0, 0.05) is 25.8 Å². The van der Waals surface area contributed by atoms with E-state index in [0.717, 1.165) is 32.1 Å². The molecular weight excluding hydrogens is 288 g/mol. The lowest BCUT2D eigenvalue weighted by Crippen LogP contribution is -2.35. The van der Waals surface area contributed by atoms with Gasteiger partial charge < -0.3 is 5.73 Å². The molecule has 2 fully saturated rings. The summed E-state index contributed by atoms with van der Waals surface area (Å²) in [6, 6.07) is 0. The molecule has 21 heavy (non-hydrogen) atoms. The smallest absolute Gasteiger partial charge is 0.248 e. The molecule has 6 nitrogen and oxygen atoms in total. The summed E-state index contributed by atoms with van der Waals surface area (Å²) >= 11 is 0. The van der Waals surface area contributed by atoms with Crippen molar-refractivity contribution in [1.29, 1.82) is 0 Å². The van der Waals surface area contributed by atoms with E-state index < -0.39 is 10.0 Å². The lowest BCUT2D eigenvalue weighted by molar-refractivity contribution is 0.382. The fourth-order valence-electron chi connectivity index (χ4n) is 2.55. The first-order valence-corrected chi connectivity index (χ1v) is 9.27. The van der Waals surface area contributed by atoms with Crippen molar-refractivity contribution in [3.63, 3.8) is 0 Å². The number of aryl methyl sites for hydroxylation is 1. The van der Waals surface area contributed by atoms with Gasteiger partial charge in [-0.1, -0.05) is 6.92 Å². The minimum atomic E-state index is -3.51. The van der Waals surface area contributed by atoms with Gasteiger partial charge in [-0.25, -0.2) is 8.42 Å². The summed E-state index contributed by atoms with van der Waals surface area (Å²) in [6.45, 7) is 3.98. The fraction of sp³-hybridized carbons (Fsp3) is 0.786. The molecule has 0 radical (unpaired) electrons. The monoisotopic (exact) mass is 312 g/mol. The Bertz CT molecular complexity index is 588. The van der Waals surface area contributed by atoms with Crippen molar-refractivity contribution < 1.29 is 8.42 Å². The zero-order chi connectivity index (χ0) is 15.0. The average molecular weight is 312 g/mol. The van der Waals surface area contributed by atoms with E-state index in [2.05, 4.69) is 5.10 Å². The SMILES string of the molecule is CCCn1cc(S(=O)(=O)N(CC2CC2)CC2CC2)c(N)n1. The molecule has 3 rings (SSSR count). The van der Waals surface area contributed by atoms with E-state index in [4.69, 9.17) is 5.73 Å². The highest BCUT2D eigenvalue weighted by molar-refractivity contribution is 7.89. The Hall–Kier alpha value is -1.08. The molecule has 0 unspecified atom stereocenters. The van der Waals surface area contributed by atoms with Crippen LogP contribution in [0.2, 0.25) is 0 Å². The molecule has 1 aromatic heterocycles. The number of nitrogens with two attached hydrogens (primary N) is 1. The summed E-state index contributed by atoms with van der Waals surface area (Å²) in [5.41, 5.74) is 5.85. The molecule has 1 aromatic rings. The normalized spacial score (nSPS) is 19.3. The van der Waals surface area contributed by atoms with Crippen molar-refractivity contribution in [2.75, 3.05) is 18.8 Å². The van der Waals surface area contributed by atoms with E-state index in [1.165, 1.54) is 0 Å². The van der Waals surface area contributed by atoms with Crippen molar-refractivity contribution in [3.8, 4) is 0 Å². The highest BCUT2D eigenvalue weighted by atomic mass is 32.2. The Morgan fingerprint density at radius 3 is 2.33 bits per heavy atom. The van der Waals surface area contributed by atoms with Crippen molar-refractivity contribution in [3.05, 3.63) is 6.20 Å². The molecule has 0 aliphatic heterocycles. The van der Waals surface area contributed by atoms with Crippen LogP contribution < -0.4 is 5.73 Å². The zero-order valence-electron chi connectivity index (χ0n) is 12.5. The summed E-state index contributed by atoms with van der Waals surface area (Å²) in [6.07, 6.45) is 7.04. The molecule has 7 heteroatoms. The lowest BCUT2D eigenvalue weighted by Gasteiger charge is -2.21. The molecule has 1 heterocycles. The Morgan fingerprint density at radius 1 is 1.29 bits per heavy atom. The summed E-state index contributed by atoms with van der Waals surface area (Å²) in [4.78, 5) is 0.178. The number of hydrogen-bond acceptors (Lipinski definition) is 4. The van der Waals surface area contributed by atoms with Crippen LogP contribution in [0.25, 0.3) is 0 Å². The molecule has 0 bridgehead atoms. The van der Waals surface area contributed by atoms with Gasteiger partial charge in [-0.3, -0.25) is 4.68 Å². The van der Waals surface area contributed by atoms with Gasteiger partial charge in [0.15, 0.2) is 5.82 Å². The van der Waals surface area contributed by atoms with Gasteiger partial charge in [0.05, 0.1) is 0 Å². The molecule has 0 amide bonds. The molecule has 0 spiro atoms. The summed E-state index contributed by atoms with van der Waals surface area (Å²) < 4.78 is 29.1. The van der Waals surface area contributed by atoms with Crippen LogP contribution in [0.1, 0.15) is 39.0 Å². The van der Waals surface area contributed by atoms with Crippen molar-refractivity contribution >= 4 is 15.8 Å². The van der Waals surface area contributed by atoms with Crippen LogP contribution in [-0.2, 0) is 16.6 Å². The molecule has 0 aromatic carbocycles. The first-order chi connectivity index (χ1) is 10.0. The van der Waals surface area contributed by atoms with Crippen LogP contribution in [0, 0.1) is 11.8 Å². The maximum Gasteiger partial charge on any atom is 0.248 e. The second kappa shape index (κ2) is 5.61. The Kier molecular flexibility index (Phi) is 3.96. The van der Waals surface area contributed by atoms with Gasteiger partial charge in [0.2, 0.25) is 10.0 Å². The molecule has 2 N–H and O–H groups in total. The van der Waals surface area contributed by atoms with Gasteiger partial charge in [0.1, 0.15) is 4.90 Å². The van der Waals surface area contributed by atoms with Crippen molar-refractivity contribution in [2.45, 2.75) is 50.5 Å². The topological polar surface area (TPSA) is 81.2 Å². The first kappa shape index (κ1) is 14.8. The van der Waals surface area contributed by atoms with Gasteiger partial charge in [-0.05, 0) is 43.9 Å². The van der Waals surface area contributed by atoms with Crippen LogP contribution in [0.5, 0.6) is 0 Å². The number of nitrogens with zero attached hydrogens (tertiary/aromatic N) is 3. The fourth-order valence-corrected chi connectivity index (χ4v) is 4.20. The summed E-state index contributed by atoms with van der Waals surface area (Å²) in [7, 11) is -3.51. The van der Waals surface area contributed by atoms with Crippen molar-refractivity contribution in [2.24, 2.45) is 11.8 Å². The van der Waals surface area contributed by atoms with E-state index in [1.54, 1.807) is 15.2 Å². The molecule has 2 aliphatic carbocycles. The van der Waals surface area contributed by atoms with Crippen LogP contribution in [0.15, 0.2) is 11.1 Å². The van der Waals surface area contributed by atoms with E-state index >= 15 is 0 Å².